The standard InChI is InChI=1S/C23H29Cl2N3O4/c1-15(23(31)17-2-4-18(29)5-3-17)26-7-6-16-12-19(24)22(20(25)13-16)27-14-21(30)28-8-10-32-11-9-28/h2-5,12-13,15,23,26-27,29,31H,6-11,14H2,1H3. The van der Waals surface area contributed by atoms with Crippen LogP contribution in [-0.4, -0.2) is 66.5 Å². The van der Waals surface area contributed by atoms with Gasteiger partial charge in [0.05, 0.1) is 41.6 Å². The average molecular weight is 482 g/mol. The highest BCUT2D eigenvalue weighted by atomic mass is 35.5. The van der Waals surface area contributed by atoms with E-state index in [0.717, 1.165) is 11.1 Å². The third kappa shape index (κ3) is 6.73. The number of phenols is 1. The van der Waals surface area contributed by atoms with E-state index in [1.54, 1.807) is 29.2 Å². The summed E-state index contributed by atoms with van der Waals surface area (Å²) in [5, 5.41) is 27.1. The van der Waals surface area contributed by atoms with E-state index in [2.05, 4.69) is 10.6 Å². The van der Waals surface area contributed by atoms with Gasteiger partial charge >= 0.3 is 0 Å². The molecule has 1 heterocycles. The number of halogens is 2. The van der Waals surface area contributed by atoms with Crippen LogP contribution in [-0.2, 0) is 16.0 Å². The third-order valence-electron chi connectivity index (χ3n) is 5.47. The molecule has 0 aromatic heterocycles. The van der Waals surface area contributed by atoms with Crippen molar-refractivity contribution in [1.82, 2.24) is 10.2 Å². The normalized spacial score (nSPS) is 15.9. The summed E-state index contributed by atoms with van der Waals surface area (Å²) in [6.07, 6.45) is -0.0302. The van der Waals surface area contributed by atoms with E-state index < -0.39 is 6.10 Å². The van der Waals surface area contributed by atoms with Gasteiger partial charge in [-0.2, -0.15) is 0 Å². The Labute approximate surface area is 198 Å². The number of nitrogens with one attached hydrogen (secondary N) is 2. The van der Waals surface area contributed by atoms with Crippen LogP contribution in [0.1, 0.15) is 24.2 Å². The molecule has 2 aromatic carbocycles. The fraction of sp³-hybridized carbons (Fsp3) is 0.435. The van der Waals surface area contributed by atoms with Crippen LogP contribution in [0.2, 0.25) is 10.0 Å². The molecular weight excluding hydrogens is 453 g/mol. The molecule has 1 fully saturated rings. The summed E-state index contributed by atoms with van der Waals surface area (Å²) >= 11 is 12.8. The fourth-order valence-electron chi connectivity index (χ4n) is 3.54. The number of carbonyl (C=O) groups excluding carboxylic acids is 1. The van der Waals surface area contributed by atoms with Crippen LogP contribution >= 0.6 is 23.2 Å². The molecule has 0 aliphatic carbocycles. The van der Waals surface area contributed by atoms with E-state index in [1.807, 2.05) is 19.1 Å². The van der Waals surface area contributed by atoms with Crippen LogP contribution in [0.3, 0.4) is 0 Å². The van der Waals surface area contributed by atoms with Gasteiger partial charge in [-0.3, -0.25) is 4.79 Å². The molecule has 2 unspecified atom stereocenters. The van der Waals surface area contributed by atoms with Gasteiger partial charge in [0.2, 0.25) is 5.91 Å². The van der Waals surface area contributed by atoms with Crippen LogP contribution in [0.25, 0.3) is 0 Å². The molecule has 1 aliphatic rings. The number of hydrogen-bond acceptors (Lipinski definition) is 6. The number of aliphatic hydroxyl groups excluding tert-OH is 1. The van der Waals surface area contributed by atoms with Crippen LogP contribution < -0.4 is 10.6 Å². The van der Waals surface area contributed by atoms with Crippen molar-refractivity contribution in [2.24, 2.45) is 0 Å². The predicted molar refractivity (Wildman–Crippen MR) is 127 cm³/mol. The van der Waals surface area contributed by atoms with Gasteiger partial charge in [0.15, 0.2) is 0 Å². The Kier molecular flexibility index (Phi) is 9.02. The lowest BCUT2D eigenvalue weighted by Crippen LogP contribution is -2.43. The molecule has 2 atom stereocenters. The van der Waals surface area contributed by atoms with E-state index >= 15 is 0 Å². The summed E-state index contributed by atoms with van der Waals surface area (Å²) in [4.78, 5) is 14.1. The summed E-state index contributed by atoms with van der Waals surface area (Å²) in [5.74, 6) is 0.147. The van der Waals surface area contributed by atoms with E-state index in [1.165, 1.54) is 0 Å². The molecule has 9 heteroatoms. The summed E-state index contributed by atoms with van der Waals surface area (Å²) in [6, 6.07) is 9.99. The van der Waals surface area contributed by atoms with E-state index in [4.69, 9.17) is 27.9 Å². The van der Waals surface area contributed by atoms with Crippen molar-refractivity contribution in [3.05, 3.63) is 57.6 Å². The Morgan fingerprint density at radius 1 is 1.16 bits per heavy atom. The molecular formula is C23H29Cl2N3O4. The summed E-state index contributed by atoms with van der Waals surface area (Å²) < 4.78 is 5.27. The number of aliphatic hydroxyl groups is 1. The topological polar surface area (TPSA) is 94.1 Å². The van der Waals surface area contributed by atoms with Crippen molar-refractivity contribution in [2.45, 2.75) is 25.5 Å². The predicted octanol–water partition coefficient (Wildman–Crippen LogP) is 3.22. The Morgan fingerprint density at radius 3 is 2.41 bits per heavy atom. The Balaban J connectivity index is 1.49. The van der Waals surface area contributed by atoms with E-state index in [9.17, 15) is 15.0 Å². The lowest BCUT2D eigenvalue weighted by molar-refractivity contribution is -0.133. The summed E-state index contributed by atoms with van der Waals surface area (Å²) in [5.41, 5.74) is 2.22. The second-order valence-corrected chi connectivity index (χ2v) is 8.62. The zero-order chi connectivity index (χ0) is 23.1. The maximum Gasteiger partial charge on any atom is 0.242 e. The maximum atomic E-state index is 12.3. The zero-order valence-electron chi connectivity index (χ0n) is 18.0. The molecule has 7 nitrogen and oxygen atoms in total. The Morgan fingerprint density at radius 2 is 1.78 bits per heavy atom. The minimum atomic E-state index is -0.696. The summed E-state index contributed by atoms with van der Waals surface area (Å²) in [6.45, 7) is 4.93. The summed E-state index contributed by atoms with van der Waals surface area (Å²) in [7, 11) is 0. The molecule has 0 bridgehead atoms. The molecule has 1 aliphatic heterocycles. The van der Waals surface area contributed by atoms with Crippen molar-refractivity contribution in [2.75, 3.05) is 44.7 Å². The fourth-order valence-corrected chi connectivity index (χ4v) is 4.21. The molecule has 0 radical (unpaired) electrons. The van der Waals surface area contributed by atoms with Crippen LogP contribution in [0.15, 0.2) is 36.4 Å². The first-order chi connectivity index (χ1) is 15.3. The number of rotatable bonds is 9. The molecule has 0 spiro atoms. The lowest BCUT2D eigenvalue weighted by atomic mass is 10.0. The molecule has 174 valence electrons. The molecule has 3 rings (SSSR count). The number of nitrogens with zero attached hydrogens (tertiary/aromatic N) is 1. The largest absolute Gasteiger partial charge is 0.508 e. The van der Waals surface area contributed by atoms with Crippen LogP contribution in [0, 0.1) is 0 Å². The first-order valence-electron chi connectivity index (χ1n) is 10.6. The second kappa shape index (κ2) is 11.7. The first kappa shape index (κ1) is 24.6. The number of hydrogen-bond donors (Lipinski definition) is 4. The number of ether oxygens (including phenoxy) is 1. The Hall–Kier alpha value is -2.03. The minimum Gasteiger partial charge on any atom is -0.508 e. The van der Waals surface area contributed by atoms with Gasteiger partial charge in [-0.05, 0) is 55.3 Å². The van der Waals surface area contributed by atoms with E-state index in [0.29, 0.717) is 55.0 Å². The lowest BCUT2D eigenvalue weighted by Gasteiger charge is -2.27. The number of anilines is 1. The number of amides is 1. The SMILES string of the molecule is CC(NCCc1cc(Cl)c(NCC(=O)N2CCOCC2)c(Cl)c1)C(O)c1ccc(O)cc1. The van der Waals surface area contributed by atoms with Gasteiger partial charge in [0.1, 0.15) is 5.75 Å². The molecule has 1 amide bonds. The van der Waals surface area contributed by atoms with Gasteiger partial charge < -0.3 is 30.5 Å². The van der Waals surface area contributed by atoms with Crippen molar-refractivity contribution in [1.29, 1.82) is 0 Å². The van der Waals surface area contributed by atoms with Crippen LogP contribution in [0.5, 0.6) is 5.75 Å². The van der Waals surface area contributed by atoms with Crippen LogP contribution in [0.4, 0.5) is 5.69 Å². The van der Waals surface area contributed by atoms with Crippen molar-refractivity contribution >= 4 is 34.8 Å². The number of aromatic hydroxyl groups is 1. The van der Waals surface area contributed by atoms with Gasteiger partial charge in [-0.1, -0.05) is 35.3 Å². The van der Waals surface area contributed by atoms with Gasteiger partial charge in [-0.25, -0.2) is 0 Å². The van der Waals surface area contributed by atoms with Gasteiger partial charge in [0.25, 0.3) is 0 Å². The molecule has 0 saturated carbocycles. The average Bonchev–Trinajstić information content (AvgIpc) is 2.79. The zero-order valence-corrected chi connectivity index (χ0v) is 19.5. The molecule has 1 saturated heterocycles. The smallest absolute Gasteiger partial charge is 0.242 e. The van der Waals surface area contributed by atoms with Crippen molar-refractivity contribution < 1.29 is 19.7 Å². The van der Waals surface area contributed by atoms with Gasteiger partial charge in [0, 0.05) is 19.1 Å². The second-order valence-electron chi connectivity index (χ2n) is 7.81. The molecule has 4 N–H and O–H groups in total. The third-order valence-corrected chi connectivity index (χ3v) is 6.07. The molecule has 2 aromatic rings. The Bertz CT molecular complexity index is 882. The number of phenolic OH excluding ortho intramolecular Hbond substituents is 1. The highest BCUT2D eigenvalue weighted by molar-refractivity contribution is 6.39. The van der Waals surface area contributed by atoms with E-state index in [-0.39, 0.29) is 24.2 Å². The number of carbonyl (C=O) groups is 1. The number of benzene rings is 2. The molecule has 32 heavy (non-hydrogen) atoms. The van der Waals surface area contributed by atoms with Crippen molar-refractivity contribution in [3.8, 4) is 5.75 Å². The quantitative estimate of drug-likeness (QED) is 0.439. The number of morpholine rings is 1. The maximum absolute atomic E-state index is 12.3. The first-order valence-corrected chi connectivity index (χ1v) is 11.4. The minimum absolute atomic E-state index is 0.0186. The highest BCUT2D eigenvalue weighted by Crippen LogP contribution is 2.32. The van der Waals surface area contributed by atoms with Gasteiger partial charge in [-0.15, -0.1) is 0 Å². The van der Waals surface area contributed by atoms with Crippen molar-refractivity contribution in [3.63, 3.8) is 0 Å². The highest BCUT2D eigenvalue weighted by Gasteiger charge is 2.18. The monoisotopic (exact) mass is 481 g/mol.